The molecule has 0 aliphatic heterocycles. The summed E-state index contributed by atoms with van der Waals surface area (Å²) in [5, 5.41) is 35.5. The summed E-state index contributed by atoms with van der Waals surface area (Å²) in [7, 11) is 0. The Morgan fingerprint density at radius 1 is 1.00 bits per heavy atom. The van der Waals surface area contributed by atoms with Crippen LogP contribution in [0.1, 0.15) is 11.7 Å². The maximum absolute atomic E-state index is 11.7. The van der Waals surface area contributed by atoms with Crippen molar-refractivity contribution < 1.29 is 44.3 Å². The number of hydrogen-bond acceptors (Lipinski definition) is 7. The lowest BCUT2D eigenvalue weighted by Crippen LogP contribution is -2.24. The van der Waals surface area contributed by atoms with Gasteiger partial charge in [-0.25, -0.2) is 14.4 Å². The highest BCUT2D eigenvalue weighted by molar-refractivity contribution is 5.80. The molecular weight excluding hydrogens is 288 g/mol. The molecule has 0 fully saturated rings. The zero-order chi connectivity index (χ0) is 16.0. The Bertz CT molecular complexity index is 552. The van der Waals surface area contributed by atoms with Crippen molar-refractivity contribution in [3.8, 4) is 11.5 Å². The molecule has 0 aliphatic carbocycles. The molecule has 0 saturated carbocycles. The van der Waals surface area contributed by atoms with Crippen molar-refractivity contribution >= 4 is 17.9 Å². The number of carbonyl (C=O) groups is 3. The van der Waals surface area contributed by atoms with Crippen molar-refractivity contribution in [2.75, 3.05) is 13.2 Å². The number of phenols is 2. The highest BCUT2D eigenvalue weighted by Gasteiger charge is 2.25. The molecule has 1 atom stereocenters. The molecule has 9 heteroatoms. The van der Waals surface area contributed by atoms with Crippen LogP contribution in [0.2, 0.25) is 0 Å². The summed E-state index contributed by atoms with van der Waals surface area (Å²) in [6.07, 6.45) is -1.55. The second-order valence-corrected chi connectivity index (χ2v) is 3.83. The zero-order valence-electron chi connectivity index (χ0n) is 10.6. The summed E-state index contributed by atoms with van der Waals surface area (Å²) >= 11 is 0. The van der Waals surface area contributed by atoms with Gasteiger partial charge in [-0.15, -0.1) is 0 Å². The smallest absolute Gasteiger partial charge is 0.341 e. The van der Waals surface area contributed by atoms with Gasteiger partial charge in [0.05, 0.1) is 0 Å². The van der Waals surface area contributed by atoms with E-state index < -0.39 is 48.7 Å². The van der Waals surface area contributed by atoms with Gasteiger partial charge in [0.15, 0.2) is 24.2 Å². The number of carboxylic acids is 2. The zero-order valence-corrected chi connectivity index (χ0v) is 10.6. The standard InChI is InChI=1S/C12H12O9/c13-7-2-1-6(3-8(7)14)11(20-4-9(15)16)12(19)21-5-10(17)18/h1-3,11,13-14H,4-5H2,(H,15,16)(H,17,18)/t11-/m1/s1. The number of carboxylic acid groups (broad SMARTS) is 2. The lowest BCUT2D eigenvalue weighted by atomic mass is 10.1. The van der Waals surface area contributed by atoms with Crippen LogP contribution in [0.15, 0.2) is 18.2 Å². The van der Waals surface area contributed by atoms with Crippen LogP contribution in [-0.4, -0.2) is 51.5 Å². The van der Waals surface area contributed by atoms with Gasteiger partial charge in [-0.2, -0.15) is 0 Å². The molecule has 0 saturated heterocycles. The first-order valence-electron chi connectivity index (χ1n) is 5.55. The summed E-state index contributed by atoms with van der Waals surface area (Å²) in [6, 6.07) is 3.24. The van der Waals surface area contributed by atoms with Crippen molar-refractivity contribution in [3.05, 3.63) is 23.8 Å². The molecule has 0 aliphatic rings. The summed E-state index contributed by atoms with van der Waals surface area (Å²) in [5.74, 6) is -4.89. The highest BCUT2D eigenvalue weighted by atomic mass is 16.6. The third-order valence-electron chi connectivity index (χ3n) is 2.23. The summed E-state index contributed by atoms with van der Waals surface area (Å²) in [6.45, 7) is -1.76. The minimum atomic E-state index is -1.55. The first-order valence-corrected chi connectivity index (χ1v) is 5.55. The maximum Gasteiger partial charge on any atom is 0.341 e. The Morgan fingerprint density at radius 3 is 2.14 bits per heavy atom. The van der Waals surface area contributed by atoms with Crippen LogP contribution >= 0.6 is 0 Å². The largest absolute Gasteiger partial charge is 0.504 e. The van der Waals surface area contributed by atoms with Gasteiger partial charge in [0.1, 0.15) is 6.61 Å². The Kier molecular flexibility index (Phi) is 5.49. The van der Waals surface area contributed by atoms with Crippen LogP contribution in [0.25, 0.3) is 0 Å². The minimum absolute atomic E-state index is 0.00180. The van der Waals surface area contributed by atoms with Gasteiger partial charge in [-0.1, -0.05) is 6.07 Å². The minimum Gasteiger partial charge on any atom is -0.504 e. The van der Waals surface area contributed by atoms with Crippen molar-refractivity contribution in [2.24, 2.45) is 0 Å². The predicted octanol–water partition coefficient (Wildman–Crippen LogP) is -0.132. The normalized spacial score (nSPS) is 11.6. The van der Waals surface area contributed by atoms with E-state index in [1.54, 1.807) is 0 Å². The number of hydrogen-bond donors (Lipinski definition) is 4. The molecule has 0 radical (unpaired) electrons. The SMILES string of the molecule is O=C(O)COC(=O)[C@H](OCC(=O)O)c1ccc(O)c(O)c1. The number of aromatic hydroxyl groups is 2. The van der Waals surface area contributed by atoms with Crippen LogP contribution < -0.4 is 0 Å². The molecule has 1 aromatic rings. The van der Waals surface area contributed by atoms with Gasteiger partial charge in [0, 0.05) is 0 Å². The van der Waals surface area contributed by atoms with Crippen molar-refractivity contribution in [3.63, 3.8) is 0 Å². The van der Waals surface area contributed by atoms with Crippen molar-refractivity contribution in [1.82, 2.24) is 0 Å². The molecule has 0 bridgehead atoms. The van der Waals surface area contributed by atoms with Gasteiger partial charge in [0.25, 0.3) is 0 Å². The second kappa shape index (κ2) is 7.10. The molecule has 1 aromatic carbocycles. The lowest BCUT2D eigenvalue weighted by molar-refractivity contribution is -0.167. The Morgan fingerprint density at radius 2 is 1.62 bits per heavy atom. The fourth-order valence-electron chi connectivity index (χ4n) is 1.37. The second-order valence-electron chi connectivity index (χ2n) is 3.83. The first kappa shape index (κ1) is 16.2. The Hall–Kier alpha value is -2.81. The van der Waals surface area contributed by atoms with E-state index in [1.165, 1.54) is 6.07 Å². The van der Waals surface area contributed by atoms with Crippen molar-refractivity contribution in [2.45, 2.75) is 6.10 Å². The van der Waals surface area contributed by atoms with E-state index in [9.17, 15) is 24.6 Å². The molecule has 9 nitrogen and oxygen atoms in total. The van der Waals surface area contributed by atoms with Crippen LogP contribution in [0.4, 0.5) is 0 Å². The predicted molar refractivity (Wildman–Crippen MR) is 64.7 cm³/mol. The summed E-state index contributed by atoms with van der Waals surface area (Å²) < 4.78 is 9.24. The molecule has 0 amide bonds. The van der Waals surface area contributed by atoms with Crippen LogP contribution in [0, 0.1) is 0 Å². The first-order chi connectivity index (χ1) is 9.81. The van der Waals surface area contributed by atoms with Gasteiger partial charge in [-0.3, -0.25) is 0 Å². The van der Waals surface area contributed by atoms with E-state index in [1.807, 2.05) is 0 Å². The quantitative estimate of drug-likeness (QED) is 0.398. The lowest BCUT2D eigenvalue weighted by Gasteiger charge is -2.16. The summed E-state index contributed by atoms with van der Waals surface area (Å²) in [5.41, 5.74) is 0.00180. The fourth-order valence-corrected chi connectivity index (χ4v) is 1.37. The van der Waals surface area contributed by atoms with Gasteiger partial charge in [0.2, 0.25) is 0 Å². The van der Waals surface area contributed by atoms with E-state index >= 15 is 0 Å². The Labute approximate surface area is 118 Å². The maximum atomic E-state index is 11.7. The molecule has 1 rings (SSSR count). The highest BCUT2D eigenvalue weighted by Crippen LogP contribution is 2.29. The number of ether oxygens (including phenoxy) is 2. The molecule has 21 heavy (non-hydrogen) atoms. The van der Waals surface area contributed by atoms with E-state index in [0.29, 0.717) is 0 Å². The third kappa shape index (κ3) is 4.99. The average molecular weight is 300 g/mol. The molecule has 0 heterocycles. The number of aliphatic carboxylic acids is 2. The number of esters is 1. The Balaban J connectivity index is 2.94. The molecule has 0 spiro atoms. The third-order valence-corrected chi connectivity index (χ3v) is 2.23. The van der Waals surface area contributed by atoms with Crippen molar-refractivity contribution in [1.29, 1.82) is 0 Å². The number of rotatable bonds is 7. The summed E-state index contributed by atoms with van der Waals surface area (Å²) in [4.78, 5) is 32.5. The van der Waals surface area contributed by atoms with Crippen LogP contribution in [0.3, 0.4) is 0 Å². The van der Waals surface area contributed by atoms with Gasteiger partial charge >= 0.3 is 17.9 Å². The van der Waals surface area contributed by atoms with Crippen LogP contribution in [0.5, 0.6) is 11.5 Å². The topological polar surface area (TPSA) is 151 Å². The van der Waals surface area contributed by atoms with Crippen LogP contribution in [-0.2, 0) is 23.9 Å². The number of phenolic OH excluding ortho intramolecular Hbond substituents is 2. The fraction of sp³-hybridized carbons (Fsp3) is 0.250. The molecule has 0 aromatic heterocycles. The molecule has 114 valence electrons. The number of carbonyl (C=O) groups excluding carboxylic acids is 1. The monoisotopic (exact) mass is 300 g/mol. The molecular formula is C12H12O9. The van der Waals surface area contributed by atoms with E-state index in [0.717, 1.165) is 12.1 Å². The van der Waals surface area contributed by atoms with E-state index in [2.05, 4.69) is 4.74 Å². The van der Waals surface area contributed by atoms with Gasteiger partial charge in [-0.05, 0) is 17.7 Å². The number of benzene rings is 1. The van der Waals surface area contributed by atoms with E-state index in [4.69, 9.17) is 14.9 Å². The molecule has 0 unspecified atom stereocenters. The van der Waals surface area contributed by atoms with Gasteiger partial charge < -0.3 is 29.9 Å². The molecule has 4 N–H and O–H groups in total. The van der Waals surface area contributed by atoms with E-state index in [-0.39, 0.29) is 5.56 Å². The average Bonchev–Trinajstić information content (AvgIpc) is 2.40.